The average molecular weight is 551 g/mol. The molecular formula is C22H42N6O6S2. The highest BCUT2D eigenvalue weighted by Crippen LogP contribution is 2.17. The molecule has 208 valence electrons. The van der Waals surface area contributed by atoms with Crippen LogP contribution < -0.4 is 0 Å². The SMILES string of the molecule is C.C.CCO/C=C/c1nc(C)c(C)n1S(=O)(=O)N(C)C.Cc1nc(CC=O)n(S(=O)(=O)N(C)C)c1C. The number of aryl methyl sites for hydroxylation is 2. The largest absolute Gasteiger partial charge is 0.501 e. The number of nitrogens with zero attached hydrogens (tertiary/aromatic N) is 6. The third kappa shape index (κ3) is 7.72. The van der Waals surface area contributed by atoms with Crippen molar-refractivity contribution in [2.45, 2.75) is 55.9 Å². The van der Waals surface area contributed by atoms with Gasteiger partial charge in [-0.2, -0.15) is 25.4 Å². The summed E-state index contributed by atoms with van der Waals surface area (Å²) in [5.41, 5.74) is 2.42. The van der Waals surface area contributed by atoms with E-state index in [1.165, 1.54) is 38.4 Å². The monoisotopic (exact) mass is 550 g/mol. The summed E-state index contributed by atoms with van der Waals surface area (Å²) in [5, 5.41) is 0. The number of hydrogen-bond acceptors (Lipinski definition) is 8. The van der Waals surface area contributed by atoms with Crippen LogP contribution in [0.5, 0.6) is 0 Å². The van der Waals surface area contributed by atoms with E-state index in [9.17, 15) is 21.6 Å². The summed E-state index contributed by atoms with van der Waals surface area (Å²) >= 11 is 0. The number of carbonyl (C=O) groups is 1. The third-order valence-electron chi connectivity index (χ3n) is 4.81. The summed E-state index contributed by atoms with van der Waals surface area (Å²) in [6.07, 6.45) is 3.62. The second-order valence-electron chi connectivity index (χ2n) is 7.58. The second-order valence-corrected chi connectivity index (χ2v) is 11.6. The van der Waals surface area contributed by atoms with Gasteiger partial charge in [-0.15, -0.1) is 0 Å². The number of imidazole rings is 2. The zero-order valence-electron chi connectivity index (χ0n) is 21.1. The van der Waals surface area contributed by atoms with Crippen molar-refractivity contribution in [1.82, 2.24) is 26.5 Å². The van der Waals surface area contributed by atoms with E-state index in [1.807, 2.05) is 6.92 Å². The van der Waals surface area contributed by atoms with Crippen molar-refractivity contribution >= 4 is 32.8 Å². The maximum Gasteiger partial charge on any atom is 0.308 e. The summed E-state index contributed by atoms with van der Waals surface area (Å²) in [4.78, 5) is 18.8. The van der Waals surface area contributed by atoms with E-state index in [0.717, 1.165) is 12.6 Å². The molecule has 0 aliphatic heterocycles. The topological polar surface area (TPSA) is 137 Å². The number of carbonyl (C=O) groups excluding carboxylic acids is 1. The summed E-state index contributed by atoms with van der Waals surface area (Å²) < 4.78 is 58.0. The Morgan fingerprint density at radius 3 is 1.72 bits per heavy atom. The molecule has 0 aliphatic rings. The van der Waals surface area contributed by atoms with E-state index in [1.54, 1.807) is 33.8 Å². The van der Waals surface area contributed by atoms with Gasteiger partial charge >= 0.3 is 20.4 Å². The lowest BCUT2D eigenvalue weighted by molar-refractivity contribution is -0.107. The van der Waals surface area contributed by atoms with E-state index in [-0.39, 0.29) is 27.1 Å². The Hall–Kier alpha value is -2.55. The van der Waals surface area contributed by atoms with Crippen LogP contribution in [0.3, 0.4) is 0 Å². The Morgan fingerprint density at radius 2 is 1.28 bits per heavy atom. The van der Waals surface area contributed by atoms with Gasteiger partial charge in [0.05, 0.1) is 42.1 Å². The summed E-state index contributed by atoms with van der Waals surface area (Å²) in [5.74, 6) is 0.589. The molecule has 2 aromatic rings. The van der Waals surface area contributed by atoms with Gasteiger partial charge in [0.25, 0.3) is 0 Å². The first-order chi connectivity index (χ1) is 15.6. The predicted molar refractivity (Wildman–Crippen MR) is 143 cm³/mol. The number of aldehydes is 1. The summed E-state index contributed by atoms with van der Waals surface area (Å²) in [7, 11) is -1.33. The van der Waals surface area contributed by atoms with Crippen molar-refractivity contribution < 1.29 is 26.4 Å². The molecule has 0 saturated carbocycles. The molecule has 0 aliphatic carbocycles. The van der Waals surface area contributed by atoms with Crippen molar-refractivity contribution in [1.29, 1.82) is 0 Å². The minimum absolute atomic E-state index is 0. The molecule has 2 rings (SSSR count). The second kappa shape index (κ2) is 14.3. The van der Waals surface area contributed by atoms with Gasteiger partial charge in [0.2, 0.25) is 0 Å². The van der Waals surface area contributed by atoms with Crippen molar-refractivity contribution in [3.8, 4) is 0 Å². The first-order valence-electron chi connectivity index (χ1n) is 10.3. The molecule has 0 atom stereocenters. The van der Waals surface area contributed by atoms with Crippen molar-refractivity contribution in [3.05, 3.63) is 40.7 Å². The molecule has 12 nitrogen and oxygen atoms in total. The highest BCUT2D eigenvalue weighted by Gasteiger charge is 2.24. The Bertz CT molecular complexity index is 1240. The smallest absolute Gasteiger partial charge is 0.308 e. The van der Waals surface area contributed by atoms with Crippen molar-refractivity contribution in [2.24, 2.45) is 0 Å². The molecule has 0 spiro atoms. The molecule has 0 radical (unpaired) electrons. The Labute approximate surface area is 217 Å². The van der Waals surface area contributed by atoms with Crippen LogP contribution in [0.2, 0.25) is 0 Å². The molecule has 14 heteroatoms. The Morgan fingerprint density at radius 1 is 0.833 bits per heavy atom. The van der Waals surface area contributed by atoms with Crippen LogP contribution in [0.1, 0.15) is 56.2 Å². The number of hydrogen-bond donors (Lipinski definition) is 0. The lowest BCUT2D eigenvalue weighted by atomic mass is 10.4. The highest BCUT2D eigenvalue weighted by molar-refractivity contribution is 7.87. The van der Waals surface area contributed by atoms with Crippen LogP contribution in [0, 0.1) is 27.7 Å². The van der Waals surface area contributed by atoms with E-state index < -0.39 is 20.4 Å². The van der Waals surface area contributed by atoms with Gasteiger partial charge in [-0.1, -0.05) is 14.9 Å². The number of ether oxygens (including phenoxy) is 1. The first kappa shape index (κ1) is 35.6. The van der Waals surface area contributed by atoms with Crippen LogP contribution >= 0.6 is 0 Å². The van der Waals surface area contributed by atoms with Gasteiger partial charge in [0.15, 0.2) is 5.82 Å². The zero-order valence-corrected chi connectivity index (χ0v) is 22.7. The minimum atomic E-state index is -3.61. The first-order valence-corrected chi connectivity index (χ1v) is 13.1. The quantitative estimate of drug-likeness (QED) is 0.343. The standard InChI is InChI=1S/C11H19N3O3S.C9H15N3O3S.2CH4/c1-6-17-8-7-11-12-9(2)10(3)14(11)18(15,16)13(4)5;1-7-8(2)12(9(10-7)5-6-13)16(14,15)11(3)4;;/h7-8H,6H2,1-5H3;6H,5H2,1-4H3;2*1H4/b8-7+;;;. The van der Waals surface area contributed by atoms with Gasteiger partial charge in [-0.3, -0.25) is 0 Å². The molecule has 36 heavy (non-hydrogen) atoms. The van der Waals surface area contributed by atoms with Gasteiger partial charge in [-0.25, -0.2) is 17.9 Å². The summed E-state index contributed by atoms with van der Waals surface area (Å²) in [6, 6.07) is 0. The molecule has 0 amide bonds. The summed E-state index contributed by atoms with van der Waals surface area (Å²) in [6.45, 7) is 9.25. The van der Waals surface area contributed by atoms with Gasteiger partial charge in [0, 0.05) is 34.3 Å². The number of rotatable bonds is 9. The molecule has 0 N–H and O–H groups in total. The third-order valence-corrected chi connectivity index (χ3v) is 8.52. The van der Waals surface area contributed by atoms with Crippen molar-refractivity contribution in [2.75, 3.05) is 34.8 Å². The zero-order chi connectivity index (χ0) is 26.4. The molecule has 2 aromatic heterocycles. The lowest BCUT2D eigenvalue weighted by Crippen LogP contribution is -2.31. The van der Waals surface area contributed by atoms with E-state index in [0.29, 0.717) is 41.5 Å². The maximum absolute atomic E-state index is 12.2. The highest BCUT2D eigenvalue weighted by atomic mass is 32.2. The van der Waals surface area contributed by atoms with Gasteiger partial charge < -0.3 is 9.53 Å². The molecule has 2 heterocycles. The fraction of sp³-hybridized carbons (Fsp3) is 0.591. The molecule has 0 saturated heterocycles. The Balaban J connectivity index is 0. The van der Waals surface area contributed by atoms with E-state index >= 15 is 0 Å². The fourth-order valence-electron chi connectivity index (χ4n) is 2.71. The minimum Gasteiger partial charge on any atom is -0.501 e. The van der Waals surface area contributed by atoms with Crippen LogP contribution in [0.15, 0.2) is 6.26 Å². The molecule has 0 unspecified atom stereocenters. The average Bonchev–Trinajstić information content (AvgIpc) is 3.18. The lowest BCUT2D eigenvalue weighted by Gasteiger charge is -2.15. The van der Waals surface area contributed by atoms with E-state index in [4.69, 9.17) is 4.74 Å². The normalized spacial score (nSPS) is 11.6. The van der Waals surface area contributed by atoms with Crippen LogP contribution in [-0.2, 0) is 36.4 Å². The fourth-order valence-corrected chi connectivity index (χ4v) is 5.04. The molecule has 0 bridgehead atoms. The number of aromatic nitrogens is 4. The van der Waals surface area contributed by atoms with E-state index in [2.05, 4.69) is 9.97 Å². The van der Waals surface area contributed by atoms with Crippen LogP contribution in [0.25, 0.3) is 6.08 Å². The molecule has 0 fully saturated rings. The maximum atomic E-state index is 12.2. The van der Waals surface area contributed by atoms with Crippen LogP contribution in [-0.4, -0.2) is 84.4 Å². The Kier molecular flexibility index (Phi) is 14.1. The van der Waals surface area contributed by atoms with Gasteiger partial charge in [-0.05, 0) is 34.6 Å². The van der Waals surface area contributed by atoms with Crippen LogP contribution in [0.4, 0.5) is 0 Å². The molecule has 0 aromatic carbocycles. The van der Waals surface area contributed by atoms with Gasteiger partial charge in [0.1, 0.15) is 12.1 Å². The predicted octanol–water partition coefficient (Wildman–Crippen LogP) is 2.33. The van der Waals surface area contributed by atoms with Crippen molar-refractivity contribution in [3.63, 3.8) is 0 Å². The molecular weight excluding hydrogens is 508 g/mol.